The van der Waals surface area contributed by atoms with E-state index in [1.165, 1.54) is 43.3 Å². The molecule has 2 nitrogen and oxygen atoms in total. The highest BCUT2D eigenvalue weighted by atomic mass is 28.4. The molecular formula is C34H62O2Si2. The van der Waals surface area contributed by atoms with E-state index in [0.717, 1.165) is 30.6 Å². The van der Waals surface area contributed by atoms with Gasteiger partial charge in [-0.2, -0.15) is 0 Å². The summed E-state index contributed by atoms with van der Waals surface area (Å²) in [7, 11) is -3.82. The molecule has 0 N–H and O–H groups in total. The fourth-order valence-electron chi connectivity index (χ4n) is 7.14. The molecular weight excluding hydrogens is 497 g/mol. The summed E-state index contributed by atoms with van der Waals surface area (Å²) < 4.78 is 14.1. The van der Waals surface area contributed by atoms with Gasteiger partial charge in [0.1, 0.15) is 0 Å². The van der Waals surface area contributed by atoms with Crippen molar-refractivity contribution < 1.29 is 8.85 Å². The van der Waals surface area contributed by atoms with E-state index < -0.39 is 16.6 Å². The van der Waals surface area contributed by atoms with Crippen LogP contribution in [0.2, 0.25) is 36.3 Å². The van der Waals surface area contributed by atoms with Gasteiger partial charge in [-0.15, -0.1) is 0 Å². The van der Waals surface area contributed by atoms with Gasteiger partial charge in [0.05, 0.1) is 12.2 Å². The van der Waals surface area contributed by atoms with Gasteiger partial charge in [-0.05, 0) is 109 Å². The Morgan fingerprint density at radius 3 is 2.05 bits per heavy atom. The summed E-state index contributed by atoms with van der Waals surface area (Å²) in [6.07, 6.45) is 13.9. The van der Waals surface area contributed by atoms with Gasteiger partial charge in [-0.1, -0.05) is 86.6 Å². The molecule has 3 rings (SSSR count). The first kappa shape index (κ1) is 32.1. The fourth-order valence-corrected chi connectivity index (χ4v) is 9.81. The molecule has 0 bridgehead atoms. The smallest absolute Gasteiger partial charge is 0.192 e. The topological polar surface area (TPSA) is 18.5 Å². The molecule has 0 aromatic rings. The molecule has 0 saturated heterocycles. The molecule has 3 aliphatic carbocycles. The summed E-state index contributed by atoms with van der Waals surface area (Å²) in [6.45, 7) is 35.7. The summed E-state index contributed by atoms with van der Waals surface area (Å²) in [5.41, 5.74) is 4.73. The molecule has 218 valence electrons. The molecule has 4 heteroatoms. The zero-order valence-corrected chi connectivity index (χ0v) is 29.5. The van der Waals surface area contributed by atoms with Crippen LogP contribution in [-0.4, -0.2) is 28.8 Å². The highest BCUT2D eigenvalue weighted by molar-refractivity contribution is 6.74. The Morgan fingerprint density at radius 2 is 1.50 bits per heavy atom. The van der Waals surface area contributed by atoms with Crippen molar-refractivity contribution in [3.05, 3.63) is 35.5 Å². The van der Waals surface area contributed by atoms with E-state index in [-0.39, 0.29) is 22.3 Å². The van der Waals surface area contributed by atoms with Crippen LogP contribution in [0.25, 0.3) is 0 Å². The average Bonchev–Trinajstić information content (AvgIpc) is 3.10. The second-order valence-corrected chi connectivity index (χ2v) is 26.1. The highest BCUT2D eigenvalue weighted by Crippen LogP contribution is 2.59. The first-order valence-electron chi connectivity index (χ1n) is 15.6. The fraction of sp³-hybridized carbons (Fsp3) is 0.824. The Balaban J connectivity index is 1.93. The molecule has 3 aliphatic rings. The van der Waals surface area contributed by atoms with Crippen molar-refractivity contribution >= 4 is 16.6 Å². The van der Waals surface area contributed by atoms with Crippen LogP contribution in [-0.2, 0) is 8.85 Å². The van der Waals surface area contributed by atoms with Gasteiger partial charge in [0.25, 0.3) is 0 Å². The third-order valence-corrected chi connectivity index (χ3v) is 20.6. The van der Waals surface area contributed by atoms with Gasteiger partial charge in [0.15, 0.2) is 16.6 Å². The molecule has 0 spiro atoms. The van der Waals surface area contributed by atoms with Crippen molar-refractivity contribution in [1.29, 1.82) is 0 Å². The lowest BCUT2D eigenvalue weighted by atomic mass is 9.61. The Hall–Kier alpha value is -0.426. The summed E-state index contributed by atoms with van der Waals surface area (Å²) in [4.78, 5) is 0. The quantitative estimate of drug-likeness (QED) is 0.302. The van der Waals surface area contributed by atoms with E-state index in [0.29, 0.717) is 5.41 Å². The van der Waals surface area contributed by atoms with Gasteiger partial charge in [-0.25, -0.2) is 0 Å². The summed E-state index contributed by atoms with van der Waals surface area (Å²) in [6, 6.07) is 0. The molecule has 5 atom stereocenters. The van der Waals surface area contributed by atoms with Crippen molar-refractivity contribution in [1.82, 2.24) is 0 Å². The standard InChI is InChI=1S/C34H62O2Si2/c1-24(2)29-19-20-30-26(16-15-21-34(29,30)10)17-18-27-22-28(35-37(11,12)32(4,5)6)23-31(25(27)3)36-38(13,14)33(7,8)9/h17-18,24,28-31H,3,15-16,19-23H2,1-2,4-14H3/b26-17+,27-18-/t28?,29?,30?,31-,34+/m0/s1. The van der Waals surface area contributed by atoms with Crippen molar-refractivity contribution in [2.24, 2.45) is 23.2 Å². The normalized spacial score (nSPS) is 33.9. The molecule has 38 heavy (non-hydrogen) atoms. The second kappa shape index (κ2) is 11.1. The minimum absolute atomic E-state index is 0.0532. The van der Waals surface area contributed by atoms with E-state index in [4.69, 9.17) is 8.85 Å². The Bertz CT molecular complexity index is 927. The zero-order chi connectivity index (χ0) is 28.9. The Morgan fingerprint density at radius 1 is 0.921 bits per heavy atom. The maximum atomic E-state index is 7.05. The number of rotatable bonds is 6. The Labute approximate surface area is 239 Å². The largest absolute Gasteiger partial charge is 0.413 e. The minimum atomic E-state index is -1.94. The molecule has 0 aromatic heterocycles. The third kappa shape index (κ3) is 6.55. The lowest BCUT2D eigenvalue weighted by molar-refractivity contribution is 0.0968. The van der Waals surface area contributed by atoms with Crippen LogP contribution in [0.15, 0.2) is 35.5 Å². The third-order valence-electron chi connectivity index (χ3n) is 11.6. The lowest BCUT2D eigenvalue weighted by Crippen LogP contribution is -2.49. The van der Waals surface area contributed by atoms with Crippen LogP contribution >= 0.6 is 0 Å². The predicted octanol–water partition coefficient (Wildman–Crippen LogP) is 10.8. The second-order valence-electron chi connectivity index (χ2n) is 16.6. The first-order chi connectivity index (χ1) is 17.2. The summed E-state index contributed by atoms with van der Waals surface area (Å²) in [5.74, 6) is 2.39. The molecule has 0 radical (unpaired) electrons. The molecule has 0 amide bonds. The van der Waals surface area contributed by atoms with Crippen LogP contribution in [0, 0.1) is 23.2 Å². The highest BCUT2D eigenvalue weighted by Gasteiger charge is 2.50. The maximum absolute atomic E-state index is 7.05. The first-order valence-corrected chi connectivity index (χ1v) is 21.5. The van der Waals surface area contributed by atoms with E-state index >= 15 is 0 Å². The average molecular weight is 559 g/mol. The van der Waals surface area contributed by atoms with E-state index in [1.807, 2.05) is 0 Å². The Kier molecular flexibility index (Phi) is 9.37. The number of allylic oxidation sites excluding steroid dienone is 3. The van der Waals surface area contributed by atoms with Crippen LogP contribution in [0.3, 0.4) is 0 Å². The van der Waals surface area contributed by atoms with Gasteiger partial charge in [0, 0.05) is 6.42 Å². The number of hydrogen-bond donors (Lipinski definition) is 0. The SMILES string of the molecule is C=C1/C(=C\C=C2/CCC[C@@]3(C)C2CCC3C(C)C)CC(O[Si](C)(C)C(C)(C)C)C[C@@H]1O[Si](C)(C)C(C)(C)C. The molecule has 0 aromatic carbocycles. The molecule has 3 fully saturated rings. The van der Waals surface area contributed by atoms with Crippen molar-refractivity contribution in [3.63, 3.8) is 0 Å². The van der Waals surface area contributed by atoms with E-state index in [2.05, 4.69) is 107 Å². The number of fused-ring (bicyclic) bond motifs is 1. The van der Waals surface area contributed by atoms with E-state index in [1.54, 1.807) is 5.57 Å². The van der Waals surface area contributed by atoms with Crippen LogP contribution in [0.4, 0.5) is 0 Å². The number of hydrogen-bond acceptors (Lipinski definition) is 2. The zero-order valence-electron chi connectivity index (χ0n) is 27.5. The van der Waals surface area contributed by atoms with Crippen molar-refractivity contribution in [2.45, 2.75) is 156 Å². The van der Waals surface area contributed by atoms with Gasteiger partial charge < -0.3 is 8.85 Å². The molecule has 0 heterocycles. The van der Waals surface area contributed by atoms with Crippen LogP contribution in [0.1, 0.15) is 107 Å². The van der Waals surface area contributed by atoms with Gasteiger partial charge >= 0.3 is 0 Å². The maximum Gasteiger partial charge on any atom is 0.192 e. The molecule has 0 aliphatic heterocycles. The summed E-state index contributed by atoms with van der Waals surface area (Å²) in [5, 5.41) is 0.374. The van der Waals surface area contributed by atoms with Crippen LogP contribution < -0.4 is 0 Å². The minimum Gasteiger partial charge on any atom is -0.413 e. The summed E-state index contributed by atoms with van der Waals surface area (Å²) >= 11 is 0. The van der Waals surface area contributed by atoms with Crippen molar-refractivity contribution in [3.8, 4) is 0 Å². The van der Waals surface area contributed by atoms with Gasteiger partial charge in [-0.3, -0.25) is 0 Å². The van der Waals surface area contributed by atoms with E-state index in [9.17, 15) is 0 Å². The van der Waals surface area contributed by atoms with Gasteiger partial charge in [0.2, 0.25) is 0 Å². The van der Waals surface area contributed by atoms with Crippen LogP contribution in [0.5, 0.6) is 0 Å². The lowest BCUT2D eigenvalue weighted by Gasteiger charge is -2.45. The van der Waals surface area contributed by atoms with Crippen molar-refractivity contribution in [2.75, 3.05) is 0 Å². The predicted molar refractivity (Wildman–Crippen MR) is 172 cm³/mol. The molecule has 3 saturated carbocycles. The monoisotopic (exact) mass is 558 g/mol. The molecule has 3 unspecified atom stereocenters.